The third-order valence-electron chi connectivity index (χ3n) is 4.27. The fraction of sp³-hybridized carbons (Fsp3) is 0.933. The Kier molecular flexibility index (Phi) is 4.76. The molecule has 1 heterocycles. The standard InChI is InChI=1S/C15H31N3O2/c1-13(2,18(7)8)10-16-12(19)17-11-9-14(3,4)20-15(11,5)6/h11H,9-10H2,1-8H3,(H2,16,17,19). The molecule has 0 aromatic rings. The molecule has 5 nitrogen and oxygen atoms in total. The van der Waals surface area contributed by atoms with Gasteiger partial charge in [0.15, 0.2) is 0 Å². The normalized spacial score (nSPS) is 24.8. The molecule has 5 heteroatoms. The number of likely N-dealkylation sites (N-methyl/N-ethyl adjacent to an activating group) is 1. The third-order valence-corrected chi connectivity index (χ3v) is 4.27. The topological polar surface area (TPSA) is 53.6 Å². The van der Waals surface area contributed by atoms with Crippen molar-refractivity contribution in [1.82, 2.24) is 15.5 Å². The lowest BCUT2D eigenvalue weighted by atomic mass is 9.94. The van der Waals surface area contributed by atoms with E-state index in [1.807, 2.05) is 27.9 Å². The molecule has 0 saturated carbocycles. The number of rotatable bonds is 4. The zero-order chi connectivity index (χ0) is 15.8. The molecule has 0 aliphatic carbocycles. The molecule has 0 aromatic carbocycles. The van der Waals surface area contributed by atoms with Gasteiger partial charge in [-0.2, -0.15) is 0 Å². The van der Waals surface area contributed by atoms with Crippen molar-refractivity contribution in [3.8, 4) is 0 Å². The lowest BCUT2D eigenvalue weighted by molar-refractivity contribution is -0.0690. The van der Waals surface area contributed by atoms with Crippen LogP contribution in [0.5, 0.6) is 0 Å². The maximum atomic E-state index is 12.1. The molecular weight excluding hydrogens is 254 g/mol. The Hall–Kier alpha value is -0.810. The SMILES string of the molecule is CN(C)C(C)(C)CNC(=O)NC1CC(C)(C)OC1(C)C. The van der Waals surface area contributed by atoms with Gasteiger partial charge in [0.2, 0.25) is 0 Å². The summed E-state index contributed by atoms with van der Waals surface area (Å²) in [6.45, 7) is 13.0. The van der Waals surface area contributed by atoms with E-state index < -0.39 is 0 Å². The van der Waals surface area contributed by atoms with Gasteiger partial charge in [0, 0.05) is 12.1 Å². The first-order valence-corrected chi connectivity index (χ1v) is 7.28. The molecule has 0 radical (unpaired) electrons. The van der Waals surface area contributed by atoms with Crippen LogP contribution in [-0.2, 0) is 4.74 Å². The van der Waals surface area contributed by atoms with E-state index in [1.165, 1.54) is 0 Å². The third kappa shape index (κ3) is 4.35. The van der Waals surface area contributed by atoms with Gasteiger partial charge in [0.1, 0.15) is 0 Å². The summed E-state index contributed by atoms with van der Waals surface area (Å²) in [5.74, 6) is 0. The van der Waals surface area contributed by atoms with Gasteiger partial charge in [-0.3, -0.25) is 0 Å². The van der Waals surface area contributed by atoms with Crippen LogP contribution in [0.4, 0.5) is 4.79 Å². The lowest BCUT2D eigenvalue weighted by Gasteiger charge is -2.33. The van der Waals surface area contributed by atoms with E-state index in [-0.39, 0.29) is 28.8 Å². The van der Waals surface area contributed by atoms with Crippen molar-refractivity contribution in [3.63, 3.8) is 0 Å². The number of amides is 2. The minimum Gasteiger partial charge on any atom is -0.367 e. The predicted octanol–water partition coefficient (Wildman–Crippen LogP) is 1.97. The van der Waals surface area contributed by atoms with Crippen LogP contribution in [0.1, 0.15) is 48.0 Å². The minimum absolute atomic E-state index is 0.0277. The molecule has 2 amide bonds. The van der Waals surface area contributed by atoms with Crippen LogP contribution in [-0.4, -0.2) is 54.4 Å². The Morgan fingerprint density at radius 2 is 1.85 bits per heavy atom. The highest BCUT2D eigenvalue weighted by Gasteiger charge is 2.46. The van der Waals surface area contributed by atoms with Gasteiger partial charge in [-0.15, -0.1) is 0 Å². The van der Waals surface area contributed by atoms with E-state index in [2.05, 4.69) is 43.2 Å². The summed E-state index contributed by atoms with van der Waals surface area (Å²) in [5, 5.41) is 5.99. The van der Waals surface area contributed by atoms with E-state index in [0.717, 1.165) is 6.42 Å². The fourth-order valence-electron chi connectivity index (χ4n) is 2.45. The van der Waals surface area contributed by atoms with Crippen LogP contribution < -0.4 is 10.6 Å². The van der Waals surface area contributed by atoms with Gasteiger partial charge in [0.25, 0.3) is 0 Å². The van der Waals surface area contributed by atoms with Crippen LogP contribution in [0.2, 0.25) is 0 Å². The Labute approximate surface area is 123 Å². The van der Waals surface area contributed by atoms with Crippen molar-refractivity contribution < 1.29 is 9.53 Å². The average molecular weight is 285 g/mol. The Bertz CT molecular complexity index is 362. The maximum Gasteiger partial charge on any atom is 0.315 e. The van der Waals surface area contributed by atoms with Crippen molar-refractivity contribution >= 4 is 6.03 Å². The zero-order valence-corrected chi connectivity index (χ0v) is 14.3. The molecule has 1 fully saturated rings. The van der Waals surface area contributed by atoms with Gasteiger partial charge in [-0.25, -0.2) is 4.79 Å². The van der Waals surface area contributed by atoms with Crippen molar-refractivity contribution in [2.24, 2.45) is 0 Å². The summed E-state index contributed by atoms with van der Waals surface area (Å²) >= 11 is 0. The Morgan fingerprint density at radius 3 is 2.25 bits per heavy atom. The second-order valence-electron chi connectivity index (χ2n) is 7.76. The van der Waals surface area contributed by atoms with Gasteiger partial charge in [-0.05, 0) is 62.1 Å². The first kappa shape index (κ1) is 17.2. The summed E-state index contributed by atoms with van der Waals surface area (Å²) < 4.78 is 5.98. The molecule has 2 N–H and O–H groups in total. The summed E-state index contributed by atoms with van der Waals surface area (Å²) in [6, 6.07) is -0.0979. The molecule has 0 aromatic heterocycles. The number of urea groups is 1. The van der Waals surface area contributed by atoms with Crippen LogP contribution in [0, 0.1) is 0 Å². The molecule has 1 aliphatic heterocycles. The smallest absolute Gasteiger partial charge is 0.315 e. The van der Waals surface area contributed by atoms with Gasteiger partial charge < -0.3 is 20.3 Å². The molecule has 1 unspecified atom stereocenters. The predicted molar refractivity (Wildman–Crippen MR) is 81.9 cm³/mol. The largest absolute Gasteiger partial charge is 0.367 e. The van der Waals surface area contributed by atoms with Crippen molar-refractivity contribution in [1.29, 1.82) is 0 Å². The Morgan fingerprint density at radius 1 is 1.30 bits per heavy atom. The molecule has 1 aliphatic rings. The number of hydrogen-bond acceptors (Lipinski definition) is 3. The van der Waals surface area contributed by atoms with Crippen molar-refractivity contribution in [3.05, 3.63) is 0 Å². The summed E-state index contributed by atoms with van der Waals surface area (Å²) in [7, 11) is 4.02. The van der Waals surface area contributed by atoms with Gasteiger partial charge in [-0.1, -0.05) is 0 Å². The monoisotopic (exact) mass is 285 g/mol. The number of ether oxygens (including phenoxy) is 1. The van der Waals surface area contributed by atoms with Crippen LogP contribution >= 0.6 is 0 Å². The summed E-state index contributed by atoms with van der Waals surface area (Å²) in [6.07, 6.45) is 0.824. The van der Waals surface area contributed by atoms with E-state index in [1.54, 1.807) is 0 Å². The van der Waals surface area contributed by atoms with E-state index in [0.29, 0.717) is 6.54 Å². The van der Waals surface area contributed by atoms with Crippen molar-refractivity contribution in [2.75, 3.05) is 20.6 Å². The second kappa shape index (κ2) is 5.53. The summed E-state index contributed by atoms with van der Waals surface area (Å²) in [4.78, 5) is 14.2. The minimum atomic E-state index is -0.335. The first-order valence-electron chi connectivity index (χ1n) is 7.28. The molecule has 1 atom stereocenters. The van der Waals surface area contributed by atoms with Gasteiger partial charge in [0.05, 0.1) is 17.2 Å². The lowest BCUT2D eigenvalue weighted by Crippen LogP contribution is -2.54. The van der Waals surface area contributed by atoms with E-state index >= 15 is 0 Å². The molecule has 1 rings (SSSR count). The van der Waals surface area contributed by atoms with E-state index in [9.17, 15) is 4.79 Å². The second-order valence-corrected chi connectivity index (χ2v) is 7.76. The van der Waals surface area contributed by atoms with Gasteiger partial charge >= 0.3 is 6.03 Å². The number of nitrogens with zero attached hydrogens (tertiary/aromatic N) is 1. The highest BCUT2D eigenvalue weighted by molar-refractivity contribution is 5.74. The van der Waals surface area contributed by atoms with Crippen molar-refractivity contribution in [2.45, 2.75) is 70.7 Å². The first-order chi connectivity index (χ1) is 8.86. The number of hydrogen-bond donors (Lipinski definition) is 2. The van der Waals surface area contributed by atoms with Crippen LogP contribution in [0.15, 0.2) is 0 Å². The number of nitrogens with one attached hydrogen (secondary N) is 2. The average Bonchev–Trinajstić information content (AvgIpc) is 2.43. The maximum absolute atomic E-state index is 12.1. The molecule has 20 heavy (non-hydrogen) atoms. The quantitative estimate of drug-likeness (QED) is 0.830. The molecular formula is C15H31N3O2. The highest BCUT2D eigenvalue weighted by Crippen LogP contribution is 2.37. The summed E-state index contributed by atoms with van der Waals surface area (Å²) in [5.41, 5.74) is -0.597. The highest BCUT2D eigenvalue weighted by atomic mass is 16.5. The molecule has 118 valence electrons. The van der Waals surface area contributed by atoms with Crippen LogP contribution in [0.3, 0.4) is 0 Å². The fourth-order valence-corrected chi connectivity index (χ4v) is 2.45. The Balaban J connectivity index is 2.52. The zero-order valence-electron chi connectivity index (χ0n) is 14.3. The van der Waals surface area contributed by atoms with E-state index in [4.69, 9.17) is 4.74 Å². The molecule has 0 spiro atoms. The van der Waals surface area contributed by atoms with Crippen LogP contribution in [0.25, 0.3) is 0 Å². The molecule has 0 bridgehead atoms. The molecule has 1 saturated heterocycles. The number of carbonyl (C=O) groups is 1. The number of carbonyl (C=O) groups excluding carboxylic acids is 1.